The number of carboxylic acids is 1. The molecule has 0 saturated heterocycles. The van der Waals surface area contributed by atoms with E-state index in [0.29, 0.717) is 31.7 Å². The molecule has 7 heteroatoms. The minimum absolute atomic E-state index is 0.0522. The summed E-state index contributed by atoms with van der Waals surface area (Å²) >= 11 is 0. The lowest BCUT2D eigenvalue weighted by Gasteiger charge is -2.35. The number of benzene rings is 2. The van der Waals surface area contributed by atoms with Crippen LogP contribution in [0.25, 0.3) is 10.9 Å². The van der Waals surface area contributed by atoms with E-state index in [-0.39, 0.29) is 17.9 Å². The molecule has 0 fully saturated rings. The van der Waals surface area contributed by atoms with E-state index in [1.165, 1.54) is 5.56 Å². The third kappa shape index (κ3) is 5.79. The van der Waals surface area contributed by atoms with Crippen LogP contribution < -0.4 is 16.4 Å². The molecule has 0 radical (unpaired) electrons. The van der Waals surface area contributed by atoms with Crippen LogP contribution in [-0.2, 0) is 16.0 Å². The van der Waals surface area contributed by atoms with Gasteiger partial charge in [-0.15, -0.1) is 0 Å². The van der Waals surface area contributed by atoms with Crippen LogP contribution in [0.1, 0.15) is 68.3 Å². The van der Waals surface area contributed by atoms with Gasteiger partial charge in [-0.3, -0.25) is 10.1 Å². The molecule has 5 atom stereocenters. The molecule has 0 spiro atoms. The number of aromatic amines is 1. The lowest BCUT2D eigenvalue weighted by Crippen LogP contribution is -2.54. The van der Waals surface area contributed by atoms with Gasteiger partial charge in [0.15, 0.2) is 0 Å². The van der Waals surface area contributed by atoms with Gasteiger partial charge in [0.2, 0.25) is 5.91 Å². The number of aliphatic carboxylic acids is 1. The molecule has 3 aromatic rings. The number of nitrogens with one attached hydrogen (secondary N) is 3. The molecule has 1 amide bonds. The predicted octanol–water partition coefficient (Wildman–Crippen LogP) is 4.25. The Labute approximate surface area is 212 Å². The number of carboxylic acid groups (broad SMARTS) is 1. The molecule has 1 aromatic heterocycles. The second-order valence-corrected chi connectivity index (χ2v) is 10.2. The fourth-order valence-corrected chi connectivity index (χ4v) is 5.52. The SMILES string of the molecule is CC(CC(C)C1NC(C(=O)NC(CCCCN)C(=O)O)Cc2c1[nH]c1ccccc21)c1ccccc1. The van der Waals surface area contributed by atoms with Crippen LogP contribution in [0.2, 0.25) is 0 Å². The Morgan fingerprint density at radius 2 is 1.81 bits per heavy atom. The Morgan fingerprint density at radius 1 is 1.08 bits per heavy atom. The molecule has 192 valence electrons. The number of hydrogen-bond acceptors (Lipinski definition) is 4. The quantitative estimate of drug-likeness (QED) is 0.257. The number of hydrogen-bond donors (Lipinski definition) is 5. The first-order chi connectivity index (χ1) is 17.4. The summed E-state index contributed by atoms with van der Waals surface area (Å²) < 4.78 is 0. The molecule has 2 heterocycles. The Bertz CT molecular complexity index is 1180. The van der Waals surface area contributed by atoms with E-state index < -0.39 is 18.1 Å². The van der Waals surface area contributed by atoms with Crippen molar-refractivity contribution in [2.45, 2.75) is 70.0 Å². The number of carbonyl (C=O) groups excluding carboxylic acids is 1. The molecule has 0 saturated carbocycles. The Kier molecular flexibility index (Phi) is 8.44. The van der Waals surface area contributed by atoms with Gasteiger partial charge in [-0.1, -0.05) is 62.4 Å². The van der Waals surface area contributed by atoms with Crippen molar-refractivity contribution in [3.8, 4) is 0 Å². The Hall–Kier alpha value is -3.16. The summed E-state index contributed by atoms with van der Waals surface area (Å²) in [4.78, 5) is 28.8. The highest BCUT2D eigenvalue weighted by Crippen LogP contribution is 2.38. The van der Waals surface area contributed by atoms with Crippen molar-refractivity contribution in [1.82, 2.24) is 15.6 Å². The minimum atomic E-state index is -1.01. The molecule has 36 heavy (non-hydrogen) atoms. The maximum atomic E-state index is 13.4. The summed E-state index contributed by atoms with van der Waals surface area (Å²) in [6.45, 7) is 4.97. The zero-order valence-electron chi connectivity index (χ0n) is 21.2. The lowest BCUT2D eigenvalue weighted by molar-refractivity contribution is -0.142. The van der Waals surface area contributed by atoms with Crippen LogP contribution in [0.4, 0.5) is 0 Å². The second-order valence-electron chi connectivity index (χ2n) is 10.2. The van der Waals surface area contributed by atoms with Crippen LogP contribution in [0.3, 0.4) is 0 Å². The van der Waals surface area contributed by atoms with E-state index in [0.717, 1.165) is 35.0 Å². The number of aromatic nitrogens is 1. The second kappa shape index (κ2) is 11.7. The fourth-order valence-electron chi connectivity index (χ4n) is 5.52. The largest absolute Gasteiger partial charge is 0.480 e. The first-order valence-corrected chi connectivity index (χ1v) is 13.0. The highest BCUT2D eigenvalue weighted by Gasteiger charge is 2.37. The van der Waals surface area contributed by atoms with Crippen LogP contribution >= 0.6 is 0 Å². The molecule has 4 rings (SSSR count). The van der Waals surface area contributed by atoms with Gasteiger partial charge < -0.3 is 21.1 Å². The summed E-state index contributed by atoms with van der Waals surface area (Å²) in [7, 11) is 0. The highest BCUT2D eigenvalue weighted by atomic mass is 16.4. The van der Waals surface area contributed by atoms with Crippen molar-refractivity contribution in [1.29, 1.82) is 0 Å². The van der Waals surface area contributed by atoms with Crippen LogP contribution in [0, 0.1) is 5.92 Å². The fraction of sp³-hybridized carbons (Fsp3) is 0.448. The average molecular weight is 491 g/mol. The summed E-state index contributed by atoms with van der Waals surface area (Å²) in [5.41, 5.74) is 10.2. The molecule has 2 aromatic carbocycles. The van der Waals surface area contributed by atoms with Gasteiger partial charge >= 0.3 is 5.97 Å². The van der Waals surface area contributed by atoms with E-state index >= 15 is 0 Å². The molecule has 7 nitrogen and oxygen atoms in total. The molecule has 0 bridgehead atoms. The van der Waals surface area contributed by atoms with Gasteiger partial charge in [-0.2, -0.15) is 0 Å². The number of nitrogens with two attached hydrogens (primary N) is 1. The van der Waals surface area contributed by atoms with E-state index in [9.17, 15) is 14.7 Å². The van der Waals surface area contributed by atoms with E-state index in [4.69, 9.17) is 5.73 Å². The summed E-state index contributed by atoms with van der Waals surface area (Å²) in [5.74, 6) is -0.670. The van der Waals surface area contributed by atoms with E-state index in [1.54, 1.807) is 0 Å². The van der Waals surface area contributed by atoms with Gasteiger partial charge in [0, 0.05) is 16.6 Å². The monoisotopic (exact) mass is 490 g/mol. The zero-order valence-corrected chi connectivity index (χ0v) is 21.2. The van der Waals surface area contributed by atoms with Crippen LogP contribution in [0.5, 0.6) is 0 Å². The third-order valence-corrected chi connectivity index (χ3v) is 7.49. The average Bonchev–Trinajstić information content (AvgIpc) is 3.26. The van der Waals surface area contributed by atoms with Crippen molar-refractivity contribution >= 4 is 22.8 Å². The first-order valence-electron chi connectivity index (χ1n) is 13.0. The Morgan fingerprint density at radius 3 is 2.53 bits per heavy atom. The minimum Gasteiger partial charge on any atom is -0.480 e. The smallest absolute Gasteiger partial charge is 0.326 e. The number of amides is 1. The van der Waals surface area contributed by atoms with Gasteiger partial charge in [-0.25, -0.2) is 4.79 Å². The normalized spacial score (nSPS) is 19.9. The number of fused-ring (bicyclic) bond motifs is 3. The maximum absolute atomic E-state index is 13.4. The number of H-pyrrole nitrogens is 1. The van der Waals surface area contributed by atoms with Crippen molar-refractivity contribution in [3.05, 3.63) is 71.4 Å². The number of carbonyl (C=O) groups is 2. The molecule has 1 aliphatic heterocycles. The Balaban J connectivity index is 1.57. The number of para-hydroxylation sites is 1. The van der Waals surface area contributed by atoms with Crippen molar-refractivity contribution in [2.75, 3.05) is 6.54 Å². The summed E-state index contributed by atoms with van der Waals surface area (Å²) in [6.07, 6.45) is 3.23. The molecular weight excluding hydrogens is 452 g/mol. The van der Waals surface area contributed by atoms with Crippen molar-refractivity contribution in [3.63, 3.8) is 0 Å². The number of rotatable bonds is 11. The first kappa shape index (κ1) is 25.9. The van der Waals surface area contributed by atoms with E-state index in [1.807, 2.05) is 18.2 Å². The maximum Gasteiger partial charge on any atom is 0.326 e. The molecule has 0 aliphatic carbocycles. The van der Waals surface area contributed by atoms with E-state index in [2.05, 4.69) is 65.9 Å². The van der Waals surface area contributed by atoms with Gasteiger partial charge in [0.1, 0.15) is 6.04 Å². The lowest BCUT2D eigenvalue weighted by atomic mass is 9.82. The van der Waals surface area contributed by atoms with Gasteiger partial charge in [0.25, 0.3) is 0 Å². The molecular formula is C29H38N4O3. The highest BCUT2D eigenvalue weighted by molar-refractivity contribution is 5.90. The molecule has 1 aliphatic rings. The van der Waals surface area contributed by atoms with Crippen molar-refractivity contribution < 1.29 is 14.7 Å². The third-order valence-electron chi connectivity index (χ3n) is 7.49. The summed E-state index contributed by atoms with van der Waals surface area (Å²) in [6, 6.07) is 17.2. The zero-order chi connectivity index (χ0) is 25.7. The van der Waals surface area contributed by atoms with Gasteiger partial charge in [-0.05, 0) is 67.7 Å². The molecule has 5 unspecified atom stereocenters. The van der Waals surface area contributed by atoms with Crippen LogP contribution in [-0.4, -0.2) is 40.6 Å². The van der Waals surface area contributed by atoms with Crippen LogP contribution in [0.15, 0.2) is 54.6 Å². The molecule has 6 N–H and O–H groups in total. The topological polar surface area (TPSA) is 120 Å². The predicted molar refractivity (Wildman–Crippen MR) is 143 cm³/mol. The van der Waals surface area contributed by atoms with Crippen molar-refractivity contribution in [2.24, 2.45) is 11.7 Å². The number of unbranched alkanes of at least 4 members (excludes halogenated alkanes) is 1. The summed E-state index contributed by atoms with van der Waals surface area (Å²) in [5, 5.41) is 17.2. The van der Waals surface area contributed by atoms with Gasteiger partial charge in [0.05, 0.1) is 12.1 Å². The standard InChI is InChI=1S/C29H38N4O3/c1-18(20-10-4-3-5-11-20)16-19(2)26-27-22(21-12-6-7-13-23(21)31-27)17-25(32-26)28(34)33-24(29(35)36)14-8-9-15-30/h3-7,10-13,18-19,24-26,31-32H,8-9,14-17,30H2,1-2H3,(H,33,34)(H,35,36).